The number of alkyl halides is 3. The maximum atomic E-state index is 10.7. The predicted molar refractivity (Wildman–Crippen MR) is 67.4 cm³/mol. The summed E-state index contributed by atoms with van der Waals surface area (Å²) in [5.41, 5.74) is -5.53. The number of rotatable bonds is 4. The Hall–Kier alpha value is -0.340. The molecule has 0 aliphatic carbocycles. The van der Waals surface area contributed by atoms with Crippen LogP contribution in [0.25, 0.3) is 0 Å². The van der Waals surface area contributed by atoms with Crippen molar-refractivity contribution in [1.82, 2.24) is 4.90 Å². The molecule has 19 heavy (non-hydrogen) atoms. The SMILES string of the molecule is CCCC(CC)N1CCCC1.O=S(=O)(O)C(F)(F)F. The Balaban J connectivity index is 0.000000362. The van der Waals surface area contributed by atoms with E-state index in [0.717, 1.165) is 6.04 Å². The van der Waals surface area contributed by atoms with Crippen LogP contribution >= 0.6 is 0 Å². The second kappa shape index (κ2) is 8.06. The van der Waals surface area contributed by atoms with E-state index in [1.54, 1.807) is 0 Å². The van der Waals surface area contributed by atoms with E-state index >= 15 is 0 Å². The minimum absolute atomic E-state index is 0.891. The lowest BCUT2D eigenvalue weighted by molar-refractivity contribution is -0.0510. The van der Waals surface area contributed by atoms with Crippen LogP contribution in [-0.2, 0) is 10.1 Å². The van der Waals surface area contributed by atoms with Gasteiger partial charge in [-0.15, -0.1) is 0 Å². The molecule has 0 aromatic rings. The largest absolute Gasteiger partial charge is 0.522 e. The zero-order chi connectivity index (χ0) is 15.1. The first-order valence-corrected chi connectivity index (χ1v) is 7.85. The Kier molecular flexibility index (Phi) is 7.92. The fraction of sp³-hybridized carbons (Fsp3) is 1.00. The summed E-state index contributed by atoms with van der Waals surface area (Å²) < 4.78 is 57.5. The summed E-state index contributed by atoms with van der Waals surface area (Å²) in [6.07, 6.45) is 6.94. The number of nitrogens with zero attached hydrogens (tertiary/aromatic N) is 1. The molecule has 1 N–H and O–H groups in total. The van der Waals surface area contributed by atoms with Crippen LogP contribution in [0.15, 0.2) is 0 Å². The summed E-state index contributed by atoms with van der Waals surface area (Å²) in [5.74, 6) is 0. The average molecular weight is 305 g/mol. The maximum Gasteiger partial charge on any atom is 0.522 e. The lowest BCUT2D eigenvalue weighted by Gasteiger charge is -2.25. The highest BCUT2D eigenvalue weighted by Crippen LogP contribution is 2.20. The molecule has 1 fully saturated rings. The lowest BCUT2D eigenvalue weighted by atomic mass is 10.1. The second-order valence-electron chi connectivity index (χ2n) is 4.51. The molecule has 1 atom stereocenters. The summed E-state index contributed by atoms with van der Waals surface area (Å²) >= 11 is 0. The van der Waals surface area contributed by atoms with E-state index in [1.165, 1.54) is 45.2 Å². The van der Waals surface area contributed by atoms with Crippen LogP contribution in [0.2, 0.25) is 0 Å². The van der Waals surface area contributed by atoms with Crippen LogP contribution in [0.4, 0.5) is 13.2 Å². The molecule has 1 heterocycles. The topological polar surface area (TPSA) is 57.6 Å². The molecule has 8 heteroatoms. The van der Waals surface area contributed by atoms with Gasteiger partial charge in [-0.3, -0.25) is 4.55 Å². The van der Waals surface area contributed by atoms with E-state index in [9.17, 15) is 13.2 Å². The molecule has 1 aliphatic heterocycles. The van der Waals surface area contributed by atoms with Gasteiger partial charge < -0.3 is 4.90 Å². The molecule has 116 valence electrons. The van der Waals surface area contributed by atoms with Gasteiger partial charge in [-0.1, -0.05) is 20.3 Å². The van der Waals surface area contributed by atoms with Crippen molar-refractivity contribution in [2.75, 3.05) is 13.1 Å². The van der Waals surface area contributed by atoms with Crippen LogP contribution in [0, 0.1) is 0 Å². The number of hydrogen-bond donors (Lipinski definition) is 1. The fourth-order valence-corrected chi connectivity index (χ4v) is 2.08. The van der Waals surface area contributed by atoms with Gasteiger partial charge in [0.25, 0.3) is 0 Å². The lowest BCUT2D eigenvalue weighted by Crippen LogP contribution is -2.31. The summed E-state index contributed by atoms with van der Waals surface area (Å²) in [7, 11) is -5.84. The number of halogens is 3. The highest BCUT2D eigenvalue weighted by atomic mass is 32.2. The molecule has 1 aliphatic rings. The zero-order valence-electron chi connectivity index (χ0n) is 11.3. The molecule has 0 saturated carbocycles. The Bertz CT molecular complexity index is 338. The smallest absolute Gasteiger partial charge is 0.300 e. The summed E-state index contributed by atoms with van der Waals surface area (Å²) in [5, 5.41) is 0. The normalized spacial score (nSPS) is 18.8. The molecule has 4 nitrogen and oxygen atoms in total. The Morgan fingerprint density at radius 1 is 1.21 bits per heavy atom. The minimum Gasteiger partial charge on any atom is -0.300 e. The van der Waals surface area contributed by atoms with Gasteiger partial charge in [0.15, 0.2) is 0 Å². The highest BCUT2D eigenvalue weighted by molar-refractivity contribution is 7.86. The van der Waals surface area contributed by atoms with E-state index in [2.05, 4.69) is 18.7 Å². The Morgan fingerprint density at radius 3 is 1.89 bits per heavy atom. The second-order valence-corrected chi connectivity index (χ2v) is 5.93. The first-order valence-electron chi connectivity index (χ1n) is 6.41. The minimum atomic E-state index is -5.84. The van der Waals surface area contributed by atoms with Crippen molar-refractivity contribution in [3.05, 3.63) is 0 Å². The van der Waals surface area contributed by atoms with Crippen LogP contribution in [0.1, 0.15) is 46.0 Å². The summed E-state index contributed by atoms with van der Waals surface area (Å²) in [6.45, 7) is 7.33. The molecule has 0 bridgehead atoms. The van der Waals surface area contributed by atoms with Crippen molar-refractivity contribution in [2.45, 2.75) is 57.5 Å². The van der Waals surface area contributed by atoms with Gasteiger partial charge in [-0.25, -0.2) is 0 Å². The van der Waals surface area contributed by atoms with Crippen molar-refractivity contribution in [3.8, 4) is 0 Å². The molecule has 0 aromatic heterocycles. The third-order valence-electron chi connectivity index (χ3n) is 3.04. The fourth-order valence-electron chi connectivity index (χ4n) is 2.08. The van der Waals surface area contributed by atoms with Gasteiger partial charge in [0, 0.05) is 6.04 Å². The van der Waals surface area contributed by atoms with Gasteiger partial charge in [-0.2, -0.15) is 21.6 Å². The van der Waals surface area contributed by atoms with Crippen LogP contribution in [-0.4, -0.2) is 42.5 Å². The molecule has 1 saturated heterocycles. The molecule has 0 radical (unpaired) electrons. The van der Waals surface area contributed by atoms with Crippen LogP contribution in [0.3, 0.4) is 0 Å². The van der Waals surface area contributed by atoms with Crippen molar-refractivity contribution < 1.29 is 26.1 Å². The van der Waals surface area contributed by atoms with Gasteiger partial charge in [0.2, 0.25) is 0 Å². The van der Waals surface area contributed by atoms with Crippen molar-refractivity contribution in [1.29, 1.82) is 0 Å². The van der Waals surface area contributed by atoms with Gasteiger partial charge >= 0.3 is 15.6 Å². The van der Waals surface area contributed by atoms with Crippen molar-refractivity contribution >= 4 is 10.1 Å². The van der Waals surface area contributed by atoms with Crippen molar-refractivity contribution in [2.24, 2.45) is 0 Å². The van der Waals surface area contributed by atoms with E-state index in [4.69, 9.17) is 13.0 Å². The zero-order valence-corrected chi connectivity index (χ0v) is 12.1. The van der Waals surface area contributed by atoms with E-state index in [0.29, 0.717) is 0 Å². The standard InChI is InChI=1S/C10H21N.CHF3O3S/c1-3-7-10(4-2)11-8-5-6-9-11;2-1(3,4)8(5,6)7/h10H,3-9H2,1-2H3;(H,5,6,7). The first-order chi connectivity index (χ1) is 8.63. The maximum absolute atomic E-state index is 10.7. The summed E-state index contributed by atoms with van der Waals surface area (Å²) in [6, 6.07) is 0.891. The van der Waals surface area contributed by atoms with Gasteiger partial charge in [0.1, 0.15) is 0 Å². The Morgan fingerprint density at radius 2 is 1.63 bits per heavy atom. The number of likely N-dealkylation sites (tertiary alicyclic amines) is 1. The Labute approximate surface area is 112 Å². The molecular weight excluding hydrogens is 283 g/mol. The quantitative estimate of drug-likeness (QED) is 0.640. The predicted octanol–water partition coefficient (Wildman–Crippen LogP) is 3.05. The van der Waals surface area contributed by atoms with E-state index in [1.807, 2.05) is 0 Å². The molecule has 0 spiro atoms. The van der Waals surface area contributed by atoms with E-state index < -0.39 is 15.6 Å². The molecule has 0 aromatic carbocycles. The average Bonchev–Trinajstić information content (AvgIpc) is 2.77. The highest BCUT2D eigenvalue weighted by Gasteiger charge is 2.44. The van der Waals surface area contributed by atoms with Crippen LogP contribution < -0.4 is 0 Å². The summed E-state index contributed by atoms with van der Waals surface area (Å²) in [4.78, 5) is 2.67. The first kappa shape index (κ1) is 18.7. The number of hydrogen-bond acceptors (Lipinski definition) is 3. The molecular formula is C11H22F3NO3S. The molecule has 1 rings (SSSR count). The van der Waals surface area contributed by atoms with E-state index in [-0.39, 0.29) is 0 Å². The molecule has 0 amide bonds. The third-order valence-corrected chi connectivity index (χ3v) is 3.63. The van der Waals surface area contributed by atoms with Crippen molar-refractivity contribution in [3.63, 3.8) is 0 Å². The monoisotopic (exact) mass is 305 g/mol. The molecule has 1 unspecified atom stereocenters. The van der Waals surface area contributed by atoms with Crippen LogP contribution in [0.5, 0.6) is 0 Å². The van der Waals surface area contributed by atoms with Gasteiger partial charge in [0.05, 0.1) is 0 Å². The van der Waals surface area contributed by atoms with Gasteiger partial charge in [-0.05, 0) is 38.8 Å². The third kappa shape index (κ3) is 7.12.